The van der Waals surface area contributed by atoms with Gasteiger partial charge >= 0.3 is 5.97 Å². The number of esters is 1. The number of likely N-dealkylation sites (N-methyl/N-ethyl adjacent to an activating group) is 1. The molecule has 2 heterocycles. The molecule has 0 aliphatic carbocycles. The van der Waals surface area contributed by atoms with Crippen LogP contribution in [0.25, 0.3) is 5.57 Å². The highest BCUT2D eigenvalue weighted by molar-refractivity contribution is 6.99. The molecule has 1 aliphatic rings. The van der Waals surface area contributed by atoms with Gasteiger partial charge in [0.25, 0.3) is 5.88 Å². The summed E-state index contributed by atoms with van der Waals surface area (Å²) >= 11 is 1.17. The molecular weight excluding hydrogens is 422 g/mol. The largest absolute Gasteiger partial charge is 0.473 e. The van der Waals surface area contributed by atoms with Gasteiger partial charge in [-0.25, -0.2) is 0 Å². The quantitative estimate of drug-likeness (QED) is 0.309. The van der Waals surface area contributed by atoms with Crippen LogP contribution in [0, 0.1) is 0 Å². The molecule has 0 radical (unpaired) electrons. The molecular formula is C18H30ClN3O6S. The van der Waals surface area contributed by atoms with E-state index in [9.17, 15) is 4.79 Å². The summed E-state index contributed by atoms with van der Waals surface area (Å²) in [6.07, 6.45) is 3.22. The fourth-order valence-corrected chi connectivity index (χ4v) is 3.05. The van der Waals surface area contributed by atoms with E-state index in [0.29, 0.717) is 52.1 Å². The Bertz CT molecular complexity index is 616. The second-order valence-electron chi connectivity index (χ2n) is 6.20. The molecule has 0 spiro atoms. The lowest BCUT2D eigenvalue weighted by atomic mass is 10.1. The van der Waals surface area contributed by atoms with Crippen LogP contribution in [0.5, 0.6) is 5.88 Å². The molecule has 1 aromatic rings. The molecule has 0 N–H and O–H groups in total. The molecule has 0 fully saturated rings. The Kier molecular flexibility index (Phi) is 13.8. The van der Waals surface area contributed by atoms with Crippen molar-refractivity contribution in [3.8, 4) is 5.88 Å². The van der Waals surface area contributed by atoms with Gasteiger partial charge < -0.3 is 28.6 Å². The fourth-order valence-electron chi connectivity index (χ4n) is 2.52. The number of nitrogens with zero attached hydrogens (tertiary/aromatic N) is 3. The Morgan fingerprint density at radius 2 is 1.66 bits per heavy atom. The van der Waals surface area contributed by atoms with Crippen molar-refractivity contribution in [2.45, 2.75) is 13.3 Å². The van der Waals surface area contributed by atoms with Crippen molar-refractivity contribution in [3.05, 3.63) is 11.8 Å². The smallest absolute Gasteiger partial charge is 0.302 e. The molecule has 1 aromatic heterocycles. The van der Waals surface area contributed by atoms with Crippen LogP contribution < -0.4 is 4.74 Å². The minimum Gasteiger partial charge on any atom is -0.473 e. The van der Waals surface area contributed by atoms with Gasteiger partial charge in [0.05, 0.1) is 51.4 Å². The van der Waals surface area contributed by atoms with Crippen molar-refractivity contribution in [1.29, 1.82) is 0 Å². The number of carbonyl (C=O) groups is 1. The van der Waals surface area contributed by atoms with E-state index in [4.69, 9.17) is 23.7 Å². The summed E-state index contributed by atoms with van der Waals surface area (Å²) in [6.45, 7) is 6.70. The van der Waals surface area contributed by atoms with E-state index in [-0.39, 0.29) is 25.0 Å². The number of carbonyl (C=O) groups excluding carboxylic acids is 1. The van der Waals surface area contributed by atoms with Gasteiger partial charge in [-0.1, -0.05) is 6.08 Å². The van der Waals surface area contributed by atoms with E-state index in [1.54, 1.807) is 0 Å². The lowest BCUT2D eigenvalue weighted by molar-refractivity contribution is -0.142. The number of hydrogen-bond acceptors (Lipinski definition) is 10. The number of rotatable bonds is 14. The summed E-state index contributed by atoms with van der Waals surface area (Å²) in [5.41, 5.74) is 2.01. The highest BCUT2D eigenvalue weighted by Gasteiger charge is 2.18. The van der Waals surface area contributed by atoms with E-state index >= 15 is 0 Å². The zero-order chi connectivity index (χ0) is 20.0. The van der Waals surface area contributed by atoms with E-state index in [1.807, 2.05) is 0 Å². The predicted molar refractivity (Wildman–Crippen MR) is 112 cm³/mol. The maximum atomic E-state index is 10.6. The van der Waals surface area contributed by atoms with E-state index < -0.39 is 0 Å². The first kappa shape index (κ1) is 25.7. The standard InChI is InChI=1S/C18H29N3O6S.ClH/c1-15(22)26-12-10-24-8-6-23-7-9-25-11-13-27-18-17(19-28-20-18)16-4-3-5-21(2)14-16;/h4H,3,5-14H2,1-2H3;1H. The average Bonchev–Trinajstić information content (AvgIpc) is 3.14. The Balaban J connectivity index is 0.00000420. The molecule has 1 aliphatic heterocycles. The highest BCUT2D eigenvalue weighted by atomic mass is 35.5. The topological polar surface area (TPSA) is 92.2 Å². The molecule has 0 saturated heterocycles. The van der Waals surface area contributed by atoms with Gasteiger partial charge in [-0.15, -0.1) is 16.8 Å². The third-order valence-corrected chi connectivity index (χ3v) is 4.36. The molecule has 0 aromatic carbocycles. The Labute approximate surface area is 182 Å². The van der Waals surface area contributed by atoms with Gasteiger partial charge in [0.2, 0.25) is 0 Å². The highest BCUT2D eigenvalue weighted by Crippen LogP contribution is 2.26. The van der Waals surface area contributed by atoms with E-state index in [0.717, 1.165) is 25.2 Å². The first-order valence-corrected chi connectivity index (χ1v) is 10.1. The minimum atomic E-state index is -0.304. The summed E-state index contributed by atoms with van der Waals surface area (Å²) < 4.78 is 35.2. The van der Waals surface area contributed by atoms with Crippen molar-refractivity contribution < 1.29 is 28.5 Å². The normalized spacial score (nSPS) is 14.2. The minimum absolute atomic E-state index is 0. The maximum Gasteiger partial charge on any atom is 0.302 e. The number of halogens is 1. The number of hydrogen-bond donors (Lipinski definition) is 0. The van der Waals surface area contributed by atoms with Gasteiger partial charge in [0.1, 0.15) is 18.9 Å². The fraction of sp³-hybridized carbons (Fsp3) is 0.722. The first-order chi connectivity index (χ1) is 13.7. The summed E-state index contributed by atoms with van der Waals surface area (Å²) in [5, 5.41) is 0. The summed E-state index contributed by atoms with van der Waals surface area (Å²) in [6, 6.07) is 0. The second-order valence-corrected chi connectivity index (χ2v) is 6.73. The van der Waals surface area contributed by atoms with Crippen molar-refractivity contribution in [2.24, 2.45) is 0 Å². The van der Waals surface area contributed by atoms with Gasteiger partial charge in [-0.05, 0) is 19.0 Å². The zero-order valence-electron chi connectivity index (χ0n) is 17.0. The monoisotopic (exact) mass is 451 g/mol. The van der Waals surface area contributed by atoms with Gasteiger partial charge in [0, 0.05) is 20.0 Å². The Hall–Kier alpha value is -1.30. The van der Waals surface area contributed by atoms with Gasteiger partial charge in [-0.3, -0.25) is 4.79 Å². The first-order valence-electron chi connectivity index (χ1n) is 9.36. The second kappa shape index (κ2) is 15.5. The maximum absolute atomic E-state index is 10.6. The van der Waals surface area contributed by atoms with Crippen molar-refractivity contribution in [3.63, 3.8) is 0 Å². The molecule has 166 valence electrons. The van der Waals surface area contributed by atoms with Crippen LogP contribution >= 0.6 is 24.1 Å². The summed E-state index contributed by atoms with van der Waals surface area (Å²) in [7, 11) is 2.10. The Morgan fingerprint density at radius 3 is 2.28 bits per heavy atom. The van der Waals surface area contributed by atoms with Crippen LogP contribution in [0.3, 0.4) is 0 Å². The predicted octanol–water partition coefficient (Wildman–Crippen LogP) is 1.67. The van der Waals surface area contributed by atoms with Gasteiger partial charge in [-0.2, -0.15) is 4.37 Å². The molecule has 0 atom stereocenters. The van der Waals surface area contributed by atoms with Crippen molar-refractivity contribution in [2.75, 3.05) is 73.0 Å². The van der Waals surface area contributed by atoms with Crippen LogP contribution in [0.15, 0.2) is 6.08 Å². The van der Waals surface area contributed by atoms with Crippen LogP contribution in [-0.4, -0.2) is 92.6 Å². The third kappa shape index (κ3) is 10.9. The average molecular weight is 452 g/mol. The van der Waals surface area contributed by atoms with Crippen LogP contribution in [-0.2, 0) is 23.7 Å². The third-order valence-electron chi connectivity index (χ3n) is 3.85. The lowest BCUT2D eigenvalue weighted by Gasteiger charge is -2.22. The molecule has 29 heavy (non-hydrogen) atoms. The summed E-state index contributed by atoms with van der Waals surface area (Å²) in [4.78, 5) is 12.8. The van der Waals surface area contributed by atoms with Crippen LogP contribution in [0.2, 0.25) is 0 Å². The zero-order valence-corrected chi connectivity index (χ0v) is 18.6. The van der Waals surface area contributed by atoms with Gasteiger partial charge in [0.15, 0.2) is 0 Å². The van der Waals surface area contributed by atoms with Crippen molar-refractivity contribution >= 4 is 35.7 Å². The molecule has 9 nitrogen and oxygen atoms in total. The molecule has 2 rings (SSSR count). The molecule has 0 amide bonds. The SMILES string of the molecule is CC(=O)OCCOCCOCCOCCOc1nsnc1C1=CCCN(C)C1.Cl. The van der Waals surface area contributed by atoms with Crippen molar-refractivity contribution in [1.82, 2.24) is 13.6 Å². The van der Waals surface area contributed by atoms with E-state index in [1.165, 1.54) is 24.2 Å². The van der Waals surface area contributed by atoms with Crippen LogP contribution in [0.1, 0.15) is 19.0 Å². The molecule has 0 unspecified atom stereocenters. The molecule has 0 saturated carbocycles. The lowest BCUT2D eigenvalue weighted by Crippen LogP contribution is -2.25. The molecule has 0 bridgehead atoms. The number of ether oxygens (including phenoxy) is 5. The van der Waals surface area contributed by atoms with Crippen LogP contribution in [0.4, 0.5) is 0 Å². The molecule has 11 heteroatoms. The summed E-state index contributed by atoms with van der Waals surface area (Å²) in [5.74, 6) is 0.277. The number of aromatic nitrogens is 2. The van der Waals surface area contributed by atoms with E-state index in [2.05, 4.69) is 26.8 Å². The Morgan fingerprint density at radius 1 is 1.03 bits per heavy atom.